The second-order valence-electron chi connectivity index (χ2n) is 3.52. The first-order valence-electron chi connectivity index (χ1n) is 5.14. The molecule has 0 radical (unpaired) electrons. The Bertz CT molecular complexity index is 286. The topological polar surface area (TPSA) is 23.6 Å². The van der Waals surface area contributed by atoms with Gasteiger partial charge in [-0.25, -0.2) is 0 Å². The highest BCUT2D eigenvalue weighted by Gasteiger charge is 2.18. The van der Waals surface area contributed by atoms with Crippen LogP contribution in [0.2, 0.25) is 0 Å². The van der Waals surface area contributed by atoms with Crippen molar-refractivity contribution < 1.29 is 4.79 Å². The van der Waals surface area contributed by atoms with E-state index in [1.807, 2.05) is 17.1 Å². The molecule has 0 aromatic carbocycles. The summed E-state index contributed by atoms with van der Waals surface area (Å²) in [5, 5.41) is 0. The quantitative estimate of drug-likeness (QED) is 0.652. The smallest absolute Gasteiger partial charge is 0.219 e. The van der Waals surface area contributed by atoms with Crippen LogP contribution in [0.15, 0.2) is 37.1 Å². The van der Waals surface area contributed by atoms with Crippen LogP contribution in [-0.4, -0.2) is 41.9 Å². The van der Waals surface area contributed by atoms with Crippen molar-refractivity contribution in [2.24, 2.45) is 0 Å². The summed E-state index contributed by atoms with van der Waals surface area (Å²) in [6.45, 7) is 12.4. The zero-order valence-electron chi connectivity index (χ0n) is 9.28. The largest absolute Gasteiger partial charge is 0.368 e. The average molecular weight is 206 g/mol. The lowest BCUT2D eigenvalue weighted by atomic mass is 10.2. The van der Waals surface area contributed by atoms with Crippen LogP contribution in [0.3, 0.4) is 0 Å². The maximum absolute atomic E-state index is 11.1. The normalized spacial score (nSPS) is 17.5. The summed E-state index contributed by atoms with van der Waals surface area (Å²) in [5.74, 6) is 0.155. The molecular weight excluding hydrogens is 188 g/mol. The molecule has 1 aliphatic heterocycles. The first-order chi connectivity index (χ1) is 7.19. The van der Waals surface area contributed by atoms with Crippen molar-refractivity contribution in [3.8, 4) is 0 Å². The van der Waals surface area contributed by atoms with E-state index in [2.05, 4.69) is 18.1 Å². The number of piperazine rings is 1. The van der Waals surface area contributed by atoms with E-state index in [9.17, 15) is 4.79 Å². The highest BCUT2D eigenvalue weighted by atomic mass is 16.2. The van der Waals surface area contributed by atoms with Crippen molar-refractivity contribution in [1.29, 1.82) is 0 Å². The fraction of sp³-hybridized carbons (Fsp3) is 0.417. The van der Waals surface area contributed by atoms with E-state index in [4.69, 9.17) is 0 Å². The van der Waals surface area contributed by atoms with Crippen LogP contribution >= 0.6 is 0 Å². The number of allylic oxidation sites excluding steroid dienone is 3. The molecule has 1 aliphatic rings. The Labute approximate surface area is 91.4 Å². The Kier molecular flexibility index (Phi) is 4.16. The molecular formula is C12H18N2O. The first-order valence-corrected chi connectivity index (χ1v) is 5.14. The predicted octanol–water partition coefficient (Wildman–Crippen LogP) is 1.41. The van der Waals surface area contributed by atoms with Crippen molar-refractivity contribution in [3.05, 3.63) is 37.1 Å². The molecule has 1 saturated heterocycles. The lowest BCUT2D eigenvalue weighted by molar-refractivity contribution is -0.130. The minimum atomic E-state index is 0.155. The first kappa shape index (κ1) is 11.6. The van der Waals surface area contributed by atoms with Gasteiger partial charge in [0, 0.05) is 38.8 Å². The van der Waals surface area contributed by atoms with Gasteiger partial charge in [-0.05, 0) is 12.2 Å². The lowest BCUT2D eigenvalue weighted by Gasteiger charge is -2.36. The maximum atomic E-state index is 11.1. The van der Waals surface area contributed by atoms with Gasteiger partial charge < -0.3 is 9.80 Å². The Morgan fingerprint density at radius 3 is 2.07 bits per heavy atom. The van der Waals surface area contributed by atoms with Crippen molar-refractivity contribution in [3.63, 3.8) is 0 Å². The highest BCUT2D eigenvalue weighted by molar-refractivity contribution is 5.73. The van der Waals surface area contributed by atoms with E-state index in [-0.39, 0.29) is 5.91 Å². The molecule has 0 bridgehead atoms. The average Bonchev–Trinajstić information content (AvgIpc) is 2.26. The third-order valence-corrected chi connectivity index (χ3v) is 2.59. The Balaban J connectivity index is 2.56. The second kappa shape index (κ2) is 5.39. The molecule has 1 heterocycles. The summed E-state index contributed by atoms with van der Waals surface area (Å²) >= 11 is 0. The zero-order valence-corrected chi connectivity index (χ0v) is 9.28. The van der Waals surface area contributed by atoms with Crippen LogP contribution in [0, 0.1) is 0 Å². The molecule has 0 aromatic heterocycles. The van der Waals surface area contributed by atoms with Gasteiger partial charge in [0.2, 0.25) is 5.91 Å². The Morgan fingerprint density at radius 2 is 1.67 bits per heavy atom. The molecule has 1 fully saturated rings. The van der Waals surface area contributed by atoms with Crippen LogP contribution < -0.4 is 0 Å². The molecule has 0 unspecified atom stereocenters. The van der Waals surface area contributed by atoms with Crippen LogP contribution in [-0.2, 0) is 4.79 Å². The molecule has 3 heteroatoms. The van der Waals surface area contributed by atoms with Gasteiger partial charge in [0.15, 0.2) is 0 Å². The van der Waals surface area contributed by atoms with Gasteiger partial charge in [-0.3, -0.25) is 4.79 Å². The number of carbonyl (C=O) groups excluding carboxylic acids is 1. The molecule has 0 N–H and O–H groups in total. The summed E-state index contributed by atoms with van der Waals surface area (Å²) in [6, 6.07) is 0. The van der Waals surface area contributed by atoms with Crippen LogP contribution in [0.5, 0.6) is 0 Å². The van der Waals surface area contributed by atoms with E-state index in [1.54, 1.807) is 13.0 Å². The number of hydrogen-bond donors (Lipinski definition) is 0. The third-order valence-electron chi connectivity index (χ3n) is 2.59. The fourth-order valence-electron chi connectivity index (χ4n) is 1.70. The minimum absolute atomic E-state index is 0.155. The van der Waals surface area contributed by atoms with Gasteiger partial charge >= 0.3 is 0 Å². The third kappa shape index (κ3) is 2.98. The van der Waals surface area contributed by atoms with Crippen LogP contribution in [0.1, 0.15) is 6.92 Å². The van der Waals surface area contributed by atoms with Crippen molar-refractivity contribution >= 4 is 5.91 Å². The molecule has 0 atom stereocenters. The summed E-state index contributed by atoms with van der Waals surface area (Å²) in [5.41, 5.74) is 1.08. The molecule has 1 amide bonds. The highest BCUT2D eigenvalue weighted by Crippen LogP contribution is 2.10. The summed E-state index contributed by atoms with van der Waals surface area (Å²) in [4.78, 5) is 15.2. The zero-order chi connectivity index (χ0) is 11.3. The molecule has 0 aromatic rings. The van der Waals surface area contributed by atoms with Crippen LogP contribution in [0.25, 0.3) is 0 Å². The van der Waals surface area contributed by atoms with Crippen molar-refractivity contribution in [2.45, 2.75) is 6.92 Å². The number of nitrogens with zero attached hydrogens (tertiary/aromatic N) is 2. The molecule has 0 spiro atoms. The molecule has 82 valence electrons. The Hall–Kier alpha value is -1.51. The summed E-state index contributed by atoms with van der Waals surface area (Å²) in [7, 11) is 0. The molecule has 3 nitrogen and oxygen atoms in total. The fourth-order valence-corrected chi connectivity index (χ4v) is 1.70. The predicted molar refractivity (Wildman–Crippen MR) is 62.3 cm³/mol. The molecule has 0 saturated carbocycles. The van der Waals surface area contributed by atoms with Crippen LogP contribution in [0.4, 0.5) is 0 Å². The SMILES string of the molecule is C=C/C=C(\C=C)N1CCN(C(C)=O)CC1. The molecule has 0 aliphatic carbocycles. The van der Waals surface area contributed by atoms with Gasteiger partial charge in [-0.15, -0.1) is 0 Å². The lowest BCUT2D eigenvalue weighted by Crippen LogP contribution is -2.47. The van der Waals surface area contributed by atoms with E-state index in [0.29, 0.717) is 0 Å². The summed E-state index contributed by atoms with van der Waals surface area (Å²) < 4.78 is 0. The van der Waals surface area contributed by atoms with E-state index >= 15 is 0 Å². The van der Waals surface area contributed by atoms with E-state index in [0.717, 1.165) is 31.9 Å². The number of rotatable bonds is 3. The number of carbonyl (C=O) groups is 1. The van der Waals surface area contributed by atoms with E-state index in [1.165, 1.54) is 0 Å². The van der Waals surface area contributed by atoms with Gasteiger partial charge in [-0.2, -0.15) is 0 Å². The van der Waals surface area contributed by atoms with Crippen molar-refractivity contribution in [2.75, 3.05) is 26.2 Å². The molecule has 15 heavy (non-hydrogen) atoms. The maximum Gasteiger partial charge on any atom is 0.219 e. The molecule has 1 rings (SSSR count). The Morgan fingerprint density at radius 1 is 1.13 bits per heavy atom. The van der Waals surface area contributed by atoms with Gasteiger partial charge in [-0.1, -0.05) is 19.2 Å². The van der Waals surface area contributed by atoms with Gasteiger partial charge in [0.25, 0.3) is 0 Å². The summed E-state index contributed by atoms with van der Waals surface area (Å²) in [6.07, 6.45) is 5.52. The number of hydrogen-bond acceptors (Lipinski definition) is 2. The van der Waals surface area contributed by atoms with Gasteiger partial charge in [0.1, 0.15) is 0 Å². The second-order valence-corrected chi connectivity index (χ2v) is 3.52. The van der Waals surface area contributed by atoms with Gasteiger partial charge in [0.05, 0.1) is 0 Å². The standard InChI is InChI=1S/C12H18N2O/c1-4-6-12(5-2)14-9-7-13(8-10-14)11(3)15/h4-6H,1-2,7-10H2,3H3/b12-6+. The van der Waals surface area contributed by atoms with Crippen molar-refractivity contribution in [1.82, 2.24) is 9.80 Å². The monoisotopic (exact) mass is 206 g/mol. The minimum Gasteiger partial charge on any atom is -0.368 e. The van der Waals surface area contributed by atoms with E-state index < -0.39 is 0 Å². The number of amides is 1.